The predicted octanol–water partition coefficient (Wildman–Crippen LogP) is 6.17. The van der Waals surface area contributed by atoms with Crippen molar-refractivity contribution in [1.29, 1.82) is 0 Å². The van der Waals surface area contributed by atoms with E-state index in [-0.39, 0.29) is 29.5 Å². The first-order valence-corrected chi connectivity index (χ1v) is 13.5. The fraction of sp³-hybridized carbons (Fsp3) is 0.250. The van der Waals surface area contributed by atoms with Crippen LogP contribution in [0.3, 0.4) is 0 Å². The zero-order valence-corrected chi connectivity index (χ0v) is 22.1. The maximum absolute atomic E-state index is 13.3. The maximum Gasteiger partial charge on any atom is 0.306 e. The molecule has 8 nitrogen and oxygen atoms in total. The van der Waals surface area contributed by atoms with Crippen LogP contribution < -0.4 is 5.32 Å². The molecule has 2 aliphatic rings. The van der Waals surface area contributed by atoms with Crippen molar-refractivity contribution >= 4 is 23.5 Å². The van der Waals surface area contributed by atoms with Crippen LogP contribution in [0.4, 0.5) is 5.69 Å². The molecule has 6 rings (SSSR count). The monoisotopic (exact) mass is 535 g/mol. The van der Waals surface area contributed by atoms with E-state index in [1.165, 1.54) is 0 Å². The number of carboxylic acid groups (broad SMARTS) is 1. The highest BCUT2D eigenvalue weighted by atomic mass is 16.4. The number of nitrogens with one attached hydrogen (secondary N) is 1. The predicted molar refractivity (Wildman–Crippen MR) is 150 cm³/mol. The molecule has 0 radical (unpaired) electrons. The zero-order chi connectivity index (χ0) is 27.8. The molecule has 1 fully saturated rings. The number of hydrogen-bond acceptors (Lipinski definition) is 5. The summed E-state index contributed by atoms with van der Waals surface area (Å²) in [6.07, 6.45) is 2.84. The molecule has 1 saturated carbocycles. The molecule has 40 heavy (non-hydrogen) atoms. The second kappa shape index (κ2) is 10.4. The van der Waals surface area contributed by atoms with Gasteiger partial charge in [-0.3, -0.25) is 14.4 Å². The normalized spacial score (nSPS) is 18.4. The summed E-state index contributed by atoms with van der Waals surface area (Å²) in [5, 5.41) is 12.3. The Morgan fingerprint density at radius 1 is 0.975 bits per heavy atom. The quantitative estimate of drug-likeness (QED) is 0.305. The average molecular weight is 536 g/mol. The summed E-state index contributed by atoms with van der Waals surface area (Å²) in [5.41, 5.74) is 5.10. The fourth-order valence-corrected chi connectivity index (χ4v) is 5.72. The topological polar surface area (TPSA) is 113 Å². The molecular formula is C32H29N3O5. The smallest absolute Gasteiger partial charge is 0.306 e. The Bertz CT molecular complexity index is 1590. The molecule has 4 aromatic rings. The molecule has 2 unspecified atom stereocenters. The van der Waals surface area contributed by atoms with Gasteiger partial charge in [0.2, 0.25) is 5.89 Å². The molecule has 2 N–H and O–H groups in total. The number of aryl methyl sites for hydroxylation is 1. The van der Waals surface area contributed by atoms with Crippen LogP contribution in [0, 0.1) is 12.8 Å². The largest absolute Gasteiger partial charge is 0.481 e. The highest BCUT2D eigenvalue weighted by Crippen LogP contribution is 2.35. The average Bonchev–Trinajstić information content (AvgIpc) is 3.53. The van der Waals surface area contributed by atoms with Crippen LogP contribution in [0.15, 0.2) is 77.2 Å². The van der Waals surface area contributed by atoms with Crippen molar-refractivity contribution in [3.05, 3.63) is 95.4 Å². The third kappa shape index (κ3) is 4.88. The van der Waals surface area contributed by atoms with Gasteiger partial charge in [-0.25, -0.2) is 4.98 Å². The van der Waals surface area contributed by atoms with Crippen LogP contribution >= 0.6 is 0 Å². The number of carbonyl (C=O) groups is 3. The van der Waals surface area contributed by atoms with E-state index in [9.17, 15) is 19.5 Å². The Hall–Kier alpha value is -4.72. The minimum atomic E-state index is -0.774. The molecule has 0 saturated heterocycles. The fourth-order valence-electron chi connectivity index (χ4n) is 5.72. The summed E-state index contributed by atoms with van der Waals surface area (Å²) in [6, 6.07) is 22.7. The number of aromatic nitrogens is 1. The molecule has 0 spiro atoms. The highest BCUT2D eigenvalue weighted by Gasteiger charge is 2.37. The molecular weight excluding hydrogens is 506 g/mol. The van der Waals surface area contributed by atoms with Gasteiger partial charge in [-0.15, -0.1) is 0 Å². The number of benzene rings is 3. The van der Waals surface area contributed by atoms with Crippen molar-refractivity contribution in [2.45, 2.75) is 45.2 Å². The lowest BCUT2D eigenvalue weighted by Crippen LogP contribution is -2.40. The van der Waals surface area contributed by atoms with Gasteiger partial charge in [0.05, 0.1) is 5.92 Å². The Kier molecular flexibility index (Phi) is 6.67. The molecule has 2 atom stereocenters. The lowest BCUT2D eigenvalue weighted by atomic mass is 9.85. The molecule has 8 heteroatoms. The first-order chi connectivity index (χ1) is 19.4. The molecule has 1 aliphatic heterocycles. The Labute approximate surface area is 231 Å². The highest BCUT2D eigenvalue weighted by molar-refractivity contribution is 6.04. The van der Waals surface area contributed by atoms with Crippen molar-refractivity contribution in [1.82, 2.24) is 9.88 Å². The summed E-state index contributed by atoms with van der Waals surface area (Å²) in [6.45, 7) is 2.23. The number of oxazole rings is 1. The molecule has 1 aliphatic carbocycles. The maximum atomic E-state index is 13.3. The van der Waals surface area contributed by atoms with Gasteiger partial charge in [0, 0.05) is 29.4 Å². The second-order valence-corrected chi connectivity index (χ2v) is 10.5. The number of nitrogens with zero attached hydrogens (tertiary/aromatic N) is 2. The molecule has 2 amide bonds. The van der Waals surface area contributed by atoms with Gasteiger partial charge in [0.1, 0.15) is 5.76 Å². The summed E-state index contributed by atoms with van der Waals surface area (Å²) < 4.78 is 5.71. The second-order valence-electron chi connectivity index (χ2n) is 10.5. The lowest BCUT2D eigenvalue weighted by Gasteiger charge is -2.33. The van der Waals surface area contributed by atoms with E-state index in [1.54, 1.807) is 6.92 Å². The Morgan fingerprint density at radius 3 is 2.48 bits per heavy atom. The van der Waals surface area contributed by atoms with Crippen LogP contribution in [-0.4, -0.2) is 38.8 Å². The van der Waals surface area contributed by atoms with E-state index in [4.69, 9.17) is 4.42 Å². The third-order valence-electron chi connectivity index (χ3n) is 7.89. The number of carbonyl (C=O) groups excluding carboxylic acids is 2. The van der Waals surface area contributed by atoms with E-state index >= 15 is 0 Å². The van der Waals surface area contributed by atoms with Gasteiger partial charge in [0.15, 0.2) is 5.69 Å². The molecule has 2 heterocycles. The number of rotatable bonds is 6. The van der Waals surface area contributed by atoms with E-state index in [1.807, 2.05) is 77.7 Å². The van der Waals surface area contributed by atoms with Gasteiger partial charge in [-0.2, -0.15) is 0 Å². The number of hydrogen-bond donors (Lipinski definition) is 2. The number of aliphatic carboxylic acids is 1. The molecule has 3 aromatic carbocycles. The van der Waals surface area contributed by atoms with Crippen LogP contribution in [0.25, 0.3) is 22.6 Å². The van der Waals surface area contributed by atoms with E-state index in [0.717, 1.165) is 35.1 Å². The van der Waals surface area contributed by atoms with Crippen molar-refractivity contribution in [3.8, 4) is 22.6 Å². The van der Waals surface area contributed by atoms with Gasteiger partial charge in [-0.05, 0) is 73.2 Å². The van der Waals surface area contributed by atoms with E-state index < -0.39 is 5.97 Å². The van der Waals surface area contributed by atoms with Crippen molar-refractivity contribution in [2.75, 3.05) is 5.32 Å². The SMILES string of the molecule is Cc1oc(-c2ccccc2)nc1C(=O)Nc1ccc(-c2ccc3c(c2)C(=O)N(C2CCCC(C(=O)O)C2)C3)cc1. The Balaban J connectivity index is 1.14. The van der Waals surface area contributed by atoms with Crippen molar-refractivity contribution < 1.29 is 23.9 Å². The van der Waals surface area contributed by atoms with Gasteiger partial charge in [0.25, 0.3) is 11.8 Å². The third-order valence-corrected chi connectivity index (χ3v) is 7.89. The number of fused-ring (bicyclic) bond motifs is 1. The van der Waals surface area contributed by atoms with Crippen LogP contribution in [0.2, 0.25) is 0 Å². The van der Waals surface area contributed by atoms with Crippen molar-refractivity contribution in [3.63, 3.8) is 0 Å². The van der Waals surface area contributed by atoms with Gasteiger partial charge in [-0.1, -0.05) is 48.9 Å². The number of carboxylic acids is 1. The van der Waals surface area contributed by atoms with Crippen LogP contribution in [0.1, 0.15) is 57.9 Å². The lowest BCUT2D eigenvalue weighted by molar-refractivity contribution is -0.143. The zero-order valence-electron chi connectivity index (χ0n) is 22.1. The standard InChI is InChI=1S/C32H29N3O5/c1-19-28(34-30(40-19)21-6-3-2-4-7-21)29(36)33-25-14-12-20(13-15-25)22-10-11-24-18-35(31(37)27(24)17-22)26-9-5-8-23(16-26)32(38)39/h2-4,6-7,10-15,17,23,26H,5,8-9,16,18H2,1H3,(H,33,36)(H,38,39). The van der Waals surface area contributed by atoms with Gasteiger partial charge >= 0.3 is 5.97 Å². The number of amides is 2. The van der Waals surface area contributed by atoms with Crippen LogP contribution in [0.5, 0.6) is 0 Å². The van der Waals surface area contributed by atoms with E-state index in [0.29, 0.717) is 42.3 Å². The minimum Gasteiger partial charge on any atom is -0.481 e. The first-order valence-electron chi connectivity index (χ1n) is 13.5. The van der Waals surface area contributed by atoms with Crippen molar-refractivity contribution in [2.24, 2.45) is 5.92 Å². The van der Waals surface area contributed by atoms with Crippen LogP contribution in [-0.2, 0) is 11.3 Å². The molecule has 1 aromatic heterocycles. The molecule has 202 valence electrons. The Morgan fingerprint density at radius 2 is 1.73 bits per heavy atom. The van der Waals surface area contributed by atoms with E-state index in [2.05, 4.69) is 10.3 Å². The summed E-state index contributed by atoms with van der Waals surface area (Å²) in [4.78, 5) is 44.0. The summed E-state index contributed by atoms with van der Waals surface area (Å²) in [7, 11) is 0. The summed E-state index contributed by atoms with van der Waals surface area (Å²) in [5.74, 6) is -0.709. The first kappa shape index (κ1) is 25.6. The molecule has 0 bridgehead atoms. The number of anilines is 1. The minimum absolute atomic E-state index is 0.0328. The summed E-state index contributed by atoms with van der Waals surface area (Å²) >= 11 is 0. The van der Waals surface area contributed by atoms with Gasteiger partial charge < -0.3 is 19.7 Å².